The second-order valence-electron chi connectivity index (χ2n) is 9.52. The number of pyridine rings is 1. The summed E-state index contributed by atoms with van der Waals surface area (Å²) in [5, 5.41) is 15.4. The molecule has 1 aromatic carbocycles. The second-order valence-corrected chi connectivity index (χ2v) is 9.52. The van der Waals surface area contributed by atoms with Crippen LogP contribution in [0.25, 0.3) is 0 Å². The number of carbonyl (C=O) groups excluding carboxylic acids is 2. The smallest absolute Gasteiger partial charge is 0.278 e. The lowest BCUT2D eigenvalue weighted by Gasteiger charge is -2.48. The zero-order valence-corrected chi connectivity index (χ0v) is 21.0. The lowest BCUT2D eigenvalue weighted by molar-refractivity contribution is -0.0173. The molecule has 2 bridgehead atoms. The summed E-state index contributed by atoms with van der Waals surface area (Å²) < 4.78 is 26.7. The fourth-order valence-electron chi connectivity index (χ4n) is 5.03. The van der Waals surface area contributed by atoms with Crippen LogP contribution in [0.1, 0.15) is 58.5 Å². The number of allylic oxidation sites excluding steroid dienone is 1. The Balaban J connectivity index is 1.52. The topological polar surface area (TPSA) is 113 Å². The van der Waals surface area contributed by atoms with E-state index in [1.165, 1.54) is 29.1 Å². The van der Waals surface area contributed by atoms with Crippen molar-refractivity contribution in [2.24, 2.45) is 0 Å². The molecule has 11 heteroatoms. The van der Waals surface area contributed by atoms with Crippen molar-refractivity contribution in [3.63, 3.8) is 0 Å². The zero-order chi connectivity index (χ0) is 26.6. The standard InChI is InChI=1S/C27H31FN4O6/c28-19-9-8-18-15-29-26(35)20-16-32-23(25(34)24(20)33)27(36)30-11-13-37-17-22(30)31(32)10-6-4-2-1-3-5-7-12-38-21(18)14-19/h3,5,8-9,14,16,22,34H,1-2,4,6-7,10-13,15,17H2,(H,29,35)/b5-3-/t22-/m1/s1. The van der Waals surface area contributed by atoms with E-state index in [0.29, 0.717) is 44.0 Å². The third kappa shape index (κ3) is 5.10. The predicted octanol–water partition coefficient (Wildman–Crippen LogP) is 2.27. The SMILES string of the molecule is O=C1NCc2ccc(F)cc2OCC/C=C\CCCCCN2[C@@H]3COCCN3C(=O)c3c(O)c(=O)c1cn32. The first-order chi connectivity index (χ1) is 18.5. The number of hydrogen-bond acceptors (Lipinski definition) is 7. The molecule has 0 radical (unpaired) electrons. The van der Waals surface area contributed by atoms with Crippen LogP contribution in [-0.2, 0) is 11.3 Å². The normalized spacial score (nSPS) is 21.7. The fourth-order valence-corrected chi connectivity index (χ4v) is 5.03. The number of halogens is 1. The van der Waals surface area contributed by atoms with Gasteiger partial charge in [0, 0.05) is 37.5 Å². The fraction of sp³-hybridized carbons (Fsp3) is 0.444. The summed E-state index contributed by atoms with van der Waals surface area (Å²) in [5.74, 6) is -2.14. The Labute approximate surface area is 219 Å². The summed E-state index contributed by atoms with van der Waals surface area (Å²) in [7, 11) is 0. The maximum Gasteiger partial charge on any atom is 0.278 e. The van der Waals surface area contributed by atoms with Crippen LogP contribution in [0.5, 0.6) is 11.5 Å². The summed E-state index contributed by atoms with van der Waals surface area (Å²) >= 11 is 0. The lowest BCUT2D eigenvalue weighted by atomic mass is 10.1. The minimum atomic E-state index is -0.929. The van der Waals surface area contributed by atoms with Crippen LogP contribution in [0.3, 0.4) is 0 Å². The number of rotatable bonds is 0. The minimum Gasteiger partial charge on any atom is -0.502 e. The van der Waals surface area contributed by atoms with Crippen molar-refractivity contribution in [2.45, 2.75) is 44.8 Å². The molecule has 0 aliphatic carbocycles. The third-order valence-corrected chi connectivity index (χ3v) is 7.03. The van der Waals surface area contributed by atoms with Crippen LogP contribution >= 0.6 is 0 Å². The molecule has 5 rings (SSSR count). The largest absolute Gasteiger partial charge is 0.502 e. The van der Waals surface area contributed by atoms with E-state index in [4.69, 9.17) is 9.47 Å². The van der Waals surface area contributed by atoms with Crippen molar-refractivity contribution < 1.29 is 28.6 Å². The van der Waals surface area contributed by atoms with E-state index in [-0.39, 0.29) is 24.4 Å². The number of morpholine rings is 1. The highest BCUT2D eigenvalue weighted by Gasteiger charge is 2.42. The van der Waals surface area contributed by atoms with Gasteiger partial charge in [0.1, 0.15) is 23.3 Å². The first kappa shape index (κ1) is 25.8. The average molecular weight is 527 g/mol. The lowest BCUT2D eigenvalue weighted by Crippen LogP contribution is -2.65. The Kier molecular flexibility index (Phi) is 7.64. The molecule has 1 atom stereocenters. The number of fused-ring (bicyclic) bond motifs is 4. The predicted molar refractivity (Wildman–Crippen MR) is 136 cm³/mol. The molecular weight excluding hydrogens is 495 g/mol. The van der Waals surface area contributed by atoms with Gasteiger partial charge in [-0.15, -0.1) is 0 Å². The van der Waals surface area contributed by atoms with Crippen LogP contribution in [-0.4, -0.2) is 65.6 Å². The number of aromatic hydroxyl groups is 1. The van der Waals surface area contributed by atoms with E-state index in [9.17, 15) is 23.9 Å². The van der Waals surface area contributed by atoms with E-state index >= 15 is 0 Å². The van der Waals surface area contributed by atoms with Gasteiger partial charge in [-0.2, -0.15) is 0 Å². The summed E-state index contributed by atoms with van der Waals surface area (Å²) in [6.45, 7) is 1.83. The highest BCUT2D eigenvalue weighted by molar-refractivity contribution is 5.99. The number of ether oxygens (including phenoxy) is 2. The number of aromatic nitrogens is 1. The number of amides is 2. The quantitative estimate of drug-likeness (QED) is 0.507. The van der Waals surface area contributed by atoms with Crippen molar-refractivity contribution in [3.05, 3.63) is 69.4 Å². The van der Waals surface area contributed by atoms with Gasteiger partial charge >= 0.3 is 0 Å². The van der Waals surface area contributed by atoms with Crippen molar-refractivity contribution in [1.29, 1.82) is 0 Å². The summed E-state index contributed by atoms with van der Waals surface area (Å²) in [6, 6.07) is 4.04. The van der Waals surface area contributed by atoms with Crippen LogP contribution in [0.15, 0.2) is 41.3 Å². The maximum atomic E-state index is 13.9. The van der Waals surface area contributed by atoms with Crippen molar-refractivity contribution in [2.75, 3.05) is 37.9 Å². The summed E-state index contributed by atoms with van der Waals surface area (Å²) in [4.78, 5) is 41.1. The number of hydrogen-bond donors (Lipinski definition) is 2. The van der Waals surface area contributed by atoms with Gasteiger partial charge in [-0.3, -0.25) is 24.1 Å². The molecule has 1 saturated heterocycles. The Hall–Kier alpha value is -3.86. The average Bonchev–Trinajstić information content (AvgIpc) is 2.91. The van der Waals surface area contributed by atoms with Gasteiger partial charge in [0.2, 0.25) is 5.43 Å². The molecule has 0 spiro atoms. The van der Waals surface area contributed by atoms with Crippen molar-refractivity contribution in [3.8, 4) is 11.5 Å². The highest BCUT2D eigenvalue weighted by atomic mass is 19.1. The number of nitrogens with zero attached hydrogens (tertiary/aromatic N) is 3. The molecule has 2 aromatic rings. The van der Waals surface area contributed by atoms with Crippen LogP contribution < -0.4 is 20.5 Å². The Morgan fingerprint density at radius 2 is 1.87 bits per heavy atom. The summed E-state index contributed by atoms with van der Waals surface area (Å²) in [5.41, 5.74) is -0.856. The van der Waals surface area contributed by atoms with Gasteiger partial charge in [-0.05, 0) is 31.7 Å². The Morgan fingerprint density at radius 3 is 2.74 bits per heavy atom. The first-order valence-corrected chi connectivity index (χ1v) is 12.9. The van der Waals surface area contributed by atoms with E-state index in [1.54, 1.807) is 4.90 Å². The van der Waals surface area contributed by atoms with Gasteiger partial charge in [0.05, 0.1) is 19.8 Å². The summed E-state index contributed by atoms with van der Waals surface area (Å²) in [6.07, 6.45) is 9.26. The molecule has 2 amide bonds. The maximum absolute atomic E-state index is 13.9. The minimum absolute atomic E-state index is 0.0286. The molecule has 3 aliphatic heterocycles. The molecular formula is C27H31FN4O6. The molecule has 3 aliphatic rings. The van der Waals surface area contributed by atoms with Crippen LogP contribution in [0, 0.1) is 5.82 Å². The monoisotopic (exact) mass is 526 g/mol. The first-order valence-electron chi connectivity index (χ1n) is 12.9. The van der Waals surface area contributed by atoms with Gasteiger partial charge < -0.3 is 24.8 Å². The van der Waals surface area contributed by atoms with Crippen molar-refractivity contribution in [1.82, 2.24) is 14.9 Å². The Bertz CT molecular complexity index is 1310. The molecule has 1 fully saturated rings. The molecule has 202 valence electrons. The van der Waals surface area contributed by atoms with Gasteiger partial charge in [-0.25, -0.2) is 4.39 Å². The van der Waals surface area contributed by atoms with E-state index in [2.05, 4.69) is 11.4 Å². The number of carbonyl (C=O) groups is 2. The molecule has 10 nitrogen and oxygen atoms in total. The van der Waals surface area contributed by atoms with Gasteiger partial charge in [-0.1, -0.05) is 24.6 Å². The molecule has 2 N–H and O–H groups in total. The molecule has 38 heavy (non-hydrogen) atoms. The Morgan fingerprint density at radius 1 is 1.03 bits per heavy atom. The van der Waals surface area contributed by atoms with E-state index in [0.717, 1.165) is 25.7 Å². The van der Waals surface area contributed by atoms with Crippen LogP contribution in [0.2, 0.25) is 0 Å². The number of benzene rings is 1. The third-order valence-electron chi connectivity index (χ3n) is 7.03. The van der Waals surface area contributed by atoms with E-state index in [1.807, 2.05) is 11.1 Å². The molecule has 0 unspecified atom stereocenters. The second kappa shape index (κ2) is 11.3. The van der Waals surface area contributed by atoms with Crippen LogP contribution in [0.4, 0.5) is 4.39 Å². The van der Waals surface area contributed by atoms with E-state index < -0.39 is 35.0 Å². The number of nitrogens with one attached hydrogen (secondary N) is 1. The molecule has 0 saturated carbocycles. The zero-order valence-electron chi connectivity index (χ0n) is 21.0. The molecule has 1 aromatic heterocycles. The van der Waals surface area contributed by atoms with Gasteiger partial charge in [0.15, 0.2) is 11.4 Å². The molecule has 4 heterocycles. The van der Waals surface area contributed by atoms with Gasteiger partial charge in [0.25, 0.3) is 11.8 Å². The van der Waals surface area contributed by atoms with Crippen molar-refractivity contribution >= 4 is 11.8 Å². The highest BCUT2D eigenvalue weighted by Crippen LogP contribution is 2.27.